The molecule has 5 nitrogen and oxygen atoms in total. The van der Waals surface area contributed by atoms with E-state index in [1.807, 2.05) is 0 Å². The van der Waals surface area contributed by atoms with Gasteiger partial charge in [-0.3, -0.25) is 5.43 Å². The lowest BCUT2D eigenvalue weighted by Crippen LogP contribution is -2.22. The highest BCUT2D eigenvalue weighted by Gasteiger charge is 2.34. The molecular weight excluding hydrogens is 379 g/mol. The zero-order valence-corrected chi connectivity index (χ0v) is 14.0. The maximum atomic E-state index is 12.9. The van der Waals surface area contributed by atoms with Crippen LogP contribution < -0.4 is 10.3 Å². The Morgan fingerprint density at radius 2 is 1.72 bits per heavy atom. The lowest BCUT2D eigenvalue weighted by Gasteiger charge is -2.14. The maximum absolute atomic E-state index is 12.9. The first-order valence-corrected chi connectivity index (χ1v) is 8.80. The number of sulfone groups is 1. The lowest BCUT2D eigenvalue weighted by atomic mass is 10.2. The molecule has 1 aliphatic heterocycles. The van der Waals surface area contributed by atoms with E-state index in [1.54, 1.807) is 17.0 Å². The second-order valence-electron chi connectivity index (χ2n) is 5.17. The summed E-state index contributed by atoms with van der Waals surface area (Å²) >= 11 is 5.53. The average Bonchev–Trinajstić information content (AvgIpc) is 3.08. The van der Waals surface area contributed by atoms with Crippen LogP contribution >= 0.6 is 11.6 Å². The van der Waals surface area contributed by atoms with Crippen LogP contribution in [0.4, 0.5) is 18.9 Å². The minimum absolute atomic E-state index is 0.115. The third-order valence-electron chi connectivity index (χ3n) is 3.56. The Hall–Kier alpha value is -2.26. The smallest absolute Gasteiger partial charge is 0.311 e. The molecule has 0 spiro atoms. The van der Waals surface area contributed by atoms with Gasteiger partial charge in [-0.2, -0.15) is 18.3 Å². The Labute approximate surface area is 146 Å². The normalized spacial score (nSPS) is 14.6. The van der Waals surface area contributed by atoms with E-state index in [0.29, 0.717) is 18.4 Å². The van der Waals surface area contributed by atoms with E-state index in [1.165, 1.54) is 18.5 Å². The van der Waals surface area contributed by atoms with E-state index < -0.39 is 31.5 Å². The molecule has 0 saturated heterocycles. The van der Waals surface area contributed by atoms with Crippen molar-refractivity contribution in [1.82, 2.24) is 5.43 Å². The Morgan fingerprint density at radius 3 is 2.28 bits per heavy atom. The minimum atomic E-state index is -4.74. The summed E-state index contributed by atoms with van der Waals surface area (Å²) in [5, 5.41) is 3.26. The van der Waals surface area contributed by atoms with Gasteiger partial charge in [-0.15, -0.1) is 0 Å². The molecule has 0 amide bonds. The molecular formula is C15H11ClF3N3O2S. The van der Waals surface area contributed by atoms with Gasteiger partial charge in [0.2, 0.25) is 9.84 Å². The van der Waals surface area contributed by atoms with E-state index in [9.17, 15) is 21.6 Å². The van der Waals surface area contributed by atoms with Crippen LogP contribution in [0.3, 0.4) is 0 Å². The van der Waals surface area contributed by atoms with Crippen molar-refractivity contribution in [3.05, 3.63) is 53.1 Å². The molecule has 1 heterocycles. The van der Waals surface area contributed by atoms with E-state index in [2.05, 4.69) is 10.5 Å². The van der Waals surface area contributed by atoms with Crippen molar-refractivity contribution in [2.24, 2.45) is 5.10 Å². The van der Waals surface area contributed by atoms with Crippen LogP contribution in [0.1, 0.15) is 5.56 Å². The number of nitrogens with one attached hydrogen (secondary N) is 1. The quantitative estimate of drug-likeness (QED) is 0.872. The summed E-state index contributed by atoms with van der Waals surface area (Å²) in [6, 6.07) is 8.29. The minimum Gasteiger partial charge on any atom is -0.311 e. The number of benzene rings is 2. The molecule has 0 atom stereocenters. The number of hydrogen-bond acceptors (Lipinski definition) is 5. The van der Waals surface area contributed by atoms with Crippen molar-refractivity contribution < 1.29 is 21.6 Å². The highest BCUT2D eigenvalue weighted by Crippen LogP contribution is 2.37. The number of anilines is 1. The van der Waals surface area contributed by atoms with Crippen molar-refractivity contribution in [1.29, 1.82) is 0 Å². The first-order chi connectivity index (χ1) is 11.7. The SMILES string of the molecule is O=S(=O)(c1ccc(N2C=NNC2)cc1)c1ccc(Cl)c(C(F)(F)F)c1. The molecule has 0 fully saturated rings. The number of alkyl halides is 3. The molecule has 0 aliphatic carbocycles. The van der Waals surface area contributed by atoms with Crippen LogP contribution in [0.2, 0.25) is 5.02 Å². The van der Waals surface area contributed by atoms with Gasteiger partial charge in [0.05, 0.1) is 20.4 Å². The summed E-state index contributed by atoms with van der Waals surface area (Å²) in [5.41, 5.74) is 2.23. The molecule has 3 rings (SSSR count). The Morgan fingerprint density at radius 1 is 1.08 bits per heavy atom. The molecule has 132 valence electrons. The first-order valence-electron chi connectivity index (χ1n) is 6.94. The van der Waals surface area contributed by atoms with Crippen molar-refractivity contribution in [2.45, 2.75) is 16.0 Å². The third kappa shape index (κ3) is 3.42. The summed E-state index contributed by atoms with van der Waals surface area (Å²) in [7, 11) is -4.11. The van der Waals surface area contributed by atoms with Crippen molar-refractivity contribution in [3.8, 4) is 0 Å². The average molecular weight is 390 g/mol. The largest absolute Gasteiger partial charge is 0.417 e. The monoisotopic (exact) mass is 389 g/mol. The van der Waals surface area contributed by atoms with Crippen LogP contribution in [0, 0.1) is 0 Å². The Kier molecular flexibility index (Phi) is 4.38. The summed E-state index contributed by atoms with van der Waals surface area (Å²) in [5.74, 6) is 0. The number of nitrogens with zero attached hydrogens (tertiary/aromatic N) is 2. The van der Waals surface area contributed by atoms with Crippen LogP contribution in [-0.2, 0) is 16.0 Å². The predicted octanol–water partition coefficient (Wildman–Crippen LogP) is 3.50. The highest BCUT2D eigenvalue weighted by molar-refractivity contribution is 7.91. The van der Waals surface area contributed by atoms with Gasteiger partial charge in [0, 0.05) is 5.69 Å². The van der Waals surface area contributed by atoms with Gasteiger partial charge in [0.15, 0.2) is 0 Å². The zero-order valence-electron chi connectivity index (χ0n) is 12.5. The molecule has 10 heteroatoms. The second-order valence-corrected chi connectivity index (χ2v) is 7.52. The first kappa shape index (κ1) is 17.6. The summed E-state index contributed by atoms with van der Waals surface area (Å²) in [4.78, 5) is 1.15. The van der Waals surface area contributed by atoms with Gasteiger partial charge in [-0.05, 0) is 42.5 Å². The second kappa shape index (κ2) is 6.23. The molecule has 25 heavy (non-hydrogen) atoms. The topological polar surface area (TPSA) is 61.8 Å². The van der Waals surface area contributed by atoms with Crippen molar-refractivity contribution >= 4 is 33.5 Å². The Balaban J connectivity index is 1.98. The molecule has 0 radical (unpaired) electrons. The van der Waals surface area contributed by atoms with Crippen molar-refractivity contribution in [3.63, 3.8) is 0 Å². The van der Waals surface area contributed by atoms with Gasteiger partial charge >= 0.3 is 6.18 Å². The molecule has 0 aromatic heterocycles. The predicted molar refractivity (Wildman–Crippen MR) is 87.3 cm³/mol. The Bertz CT molecular complexity index is 928. The van der Waals surface area contributed by atoms with E-state index in [4.69, 9.17) is 11.6 Å². The van der Waals surface area contributed by atoms with Crippen LogP contribution in [0.15, 0.2) is 57.4 Å². The van der Waals surface area contributed by atoms with E-state index in [0.717, 1.165) is 12.1 Å². The molecule has 1 N–H and O–H groups in total. The van der Waals surface area contributed by atoms with Gasteiger partial charge in [0.25, 0.3) is 0 Å². The van der Waals surface area contributed by atoms with E-state index >= 15 is 0 Å². The molecule has 1 aliphatic rings. The maximum Gasteiger partial charge on any atom is 0.417 e. The number of rotatable bonds is 3. The fourth-order valence-corrected chi connectivity index (χ4v) is 3.78. The number of hydrogen-bond donors (Lipinski definition) is 1. The van der Waals surface area contributed by atoms with Crippen LogP contribution in [-0.4, -0.2) is 21.4 Å². The van der Waals surface area contributed by atoms with Gasteiger partial charge in [-0.25, -0.2) is 8.42 Å². The molecule has 2 aromatic carbocycles. The third-order valence-corrected chi connectivity index (χ3v) is 5.66. The van der Waals surface area contributed by atoms with Gasteiger partial charge in [0.1, 0.15) is 13.0 Å². The lowest BCUT2D eigenvalue weighted by molar-refractivity contribution is -0.137. The highest BCUT2D eigenvalue weighted by atomic mass is 35.5. The summed E-state index contributed by atoms with van der Waals surface area (Å²) < 4.78 is 64.0. The number of halogens is 4. The molecule has 2 aromatic rings. The fourth-order valence-electron chi connectivity index (χ4n) is 2.27. The van der Waals surface area contributed by atoms with Gasteiger partial charge < -0.3 is 4.90 Å². The molecule has 0 bridgehead atoms. The van der Waals surface area contributed by atoms with Gasteiger partial charge in [-0.1, -0.05) is 11.6 Å². The standard InChI is InChI=1S/C15H11ClF3N3O2S/c16-14-6-5-12(7-13(14)15(17,18)19)25(23,24)11-3-1-10(2-4-11)22-8-20-21-9-22/h1-8,21H,9H2. The van der Waals surface area contributed by atoms with Crippen molar-refractivity contribution in [2.75, 3.05) is 11.6 Å². The fraction of sp³-hybridized carbons (Fsp3) is 0.133. The van der Waals surface area contributed by atoms with Crippen LogP contribution in [0.25, 0.3) is 0 Å². The molecule has 0 unspecified atom stereocenters. The summed E-state index contributed by atoms with van der Waals surface area (Å²) in [6.07, 6.45) is -3.20. The van der Waals surface area contributed by atoms with E-state index in [-0.39, 0.29) is 4.90 Å². The summed E-state index contributed by atoms with van der Waals surface area (Å²) in [6.45, 7) is 0.443. The number of hydrazone groups is 1. The molecule has 0 saturated carbocycles. The zero-order chi connectivity index (χ0) is 18.2. The van der Waals surface area contributed by atoms with Crippen LogP contribution in [0.5, 0.6) is 0 Å².